The molecule has 0 radical (unpaired) electrons. The minimum atomic E-state index is -1.31. The van der Waals surface area contributed by atoms with E-state index in [0.717, 1.165) is 5.56 Å². The van der Waals surface area contributed by atoms with Crippen LogP contribution in [0, 0.1) is 0 Å². The lowest BCUT2D eigenvalue weighted by molar-refractivity contribution is 0.0108. The molecule has 24 heavy (non-hydrogen) atoms. The predicted octanol–water partition coefficient (Wildman–Crippen LogP) is 2.60. The Labute approximate surface area is 139 Å². The fourth-order valence-electron chi connectivity index (χ4n) is 2.47. The molecule has 6 nitrogen and oxygen atoms in total. The van der Waals surface area contributed by atoms with E-state index in [1.807, 2.05) is 30.3 Å². The van der Waals surface area contributed by atoms with Crippen LogP contribution >= 0.6 is 0 Å². The maximum Gasteiger partial charge on any atom is 0.410 e. The summed E-state index contributed by atoms with van der Waals surface area (Å²) in [5, 5.41) is 0. The zero-order valence-electron chi connectivity index (χ0n) is 13.0. The highest BCUT2D eigenvalue weighted by Crippen LogP contribution is 2.19. The van der Waals surface area contributed by atoms with Gasteiger partial charge in [0.05, 0.1) is 6.54 Å². The van der Waals surface area contributed by atoms with E-state index in [0.29, 0.717) is 13.0 Å². The van der Waals surface area contributed by atoms with Gasteiger partial charge in [-0.2, -0.15) is 0 Å². The first-order valence-electron chi connectivity index (χ1n) is 7.76. The van der Waals surface area contributed by atoms with Gasteiger partial charge in [0.1, 0.15) is 12.7 Å². The van der Waals surface area contributed by atoms with Gasteiger partial charge in [0, 0.05) is 25.4 Å². The number of benzene rings is 1. The third-order valence-corrected chi connectivity index (χ3v) is 3.74. The first-order valence-corrected chi connectivity index (χ1v) is 7.76. The van der Waals surface area contributed by atoms with Crippen molar-refractivity contribution in [3.8, 4) is 6.01 Å². The molecule has 0 aliphatic carbocycles. The Bertz CT molecular complexity index is 657. The summed E-state index contributed by atoms with van der Waals surface area (Å²) < 4.78 is 25.0. The van der Waals surface area contributed by atoms with Crippen LogP contribution in [-0.4, -0.2) is 46.3 Å². The molecule has 3 rings (SSSR count). The van der Waals surface area contributed by atoms with Gasteiger partial charge in [-0.3, -0.25) is 0 Å². The highest BCUT2D eigenvalue weighted by Gasteiger charge is 2.34. The summed E-state index contributed by atoms with van der Waals surface area (Å²) in [4.78, 5) is 21.3. The molecular weight excluding hydrogens is 313 g/mol. The predicted molar refractivity (Wildman–Crippen MR) is 84.2 cm³/mol. The van der Waals surface area contributed by atoms with Crippen LogP contribution in [0.4, 0.5) is 9.18 Å². The standard InChI is InChI=1S/C17H18FN3O3/c18-14-11-21(17(22)23-12-13-5-2-1-3-6-13)10-7-15(14)24-16-19-8-4-9-20-16/h1-6,8-9,14-15H,7,10-12H2. The van der Waals surface area contributed by atoms with Gasteiger partial charge < -0.3 is 14.4 Å². The average Bonchev–Trinajstić information content (AvgIpc) is 2.63. The molecule has 7 heteroatoms. The number of hydrogen-bond acceptors (Lipinski definition) is 5. The largest absolute Gasteiger partial charge is 0.457 e. The van der Waals surface area contributed by atoms with E-state index in [-0.39, 0.29) is 19.2 Å². The normalized spacial score (nSPS) is 20.5. The molecule has 0 spiro atoms. The first-order chi connectivity index (χ1) is 11.7. The lowest BCUT2D eigenvalue weighted by atomic mass is 10.1. The Morgan fingerprint density at radius 2 is 1.96 bits per heavy atom. The molecule has 1 saturated heterocycles. The van der Waals surface area contributed by atoms with Crippen molar-refractivity contribution in [2.45, 2.75) is 25.3 Å². The molecule has 0 saturated carbocycles. The van der Waals surface area contributed by atoms with Gasteiger partial charge in [-0.25, -0.2) is 19.2 Å². The molecule has 1 fully saturated rings. The Kier molecular flexibility index (Phi) is 5.20. The number of carbonyl (C=O) groups excluding carboxylic acids is 1. The Hall–Kier alpha value is -2.70. The fourth-order valence-corrected chi connectivity index (χ4v) is 2.47. The number of amides is 1. The lowest BCUT2D eigenvalue weighted by Gasteiger charge is -2.33. The number of hydrogen-bond donors (Lipinski definition) is 0. The van der Waals surface area contributed by atoms with Crippen molar-refractivity contribution < 1.29 is 18.7 Å². The summed E-state index contributed by atoms with van der Waals surface area (Å²) in [5.41, 5.74) is 0.891. The molecule has 0 N–H and O–H groups in total. The van der Waals surface area contributed by atoms with Crippen molar-refractivity contribution in [3.05, 3.63) is 54.4 Å². The van der Waals surface area contributed by atoms with E-state index in [1.165, 1.54) is 17.3 Å². The first kappa shape index (κ1) is 16.2. The number of piperidine rings is 1. The monoisotopic (exact) mass is 331 g/mol. The molecule has 126 valence electrons. The smallest absolute Gasteiger partial charge is 0.410 e. The zero-order valence-corrected chi connectivity index (χ0v) is 13.0. The Morgan fingerprint density at radius 3 is 2.67 bits per heavy atom. The van der Waals surface area contributed by atoms with Crippen LogP contribution in [0.25, 0.3) is 0 Å². The van der Waals surface area contributed by atoms with E-state index in [9.17, 15) is 9.18 Å². The van der Waals surface area contributed by atoms with E-state index in [4.69, 9.17) is 9.47 Å². The summed E-state index contributed by atoms with van der Waals surface area (Å²) in [6, 6.07) is 11.2. The number of carbonyl (C=O) groups is 1. The van der Waals surface area contributed by atoms with Crippen molar-refractivity contribution in [2.24, 2.45) is 0 Å². The Morgan fingerprint density at radius 1 is 1.21 bits per heavy atom. The summed E-state index contributed by atoms with van der Waals surface area (Å²) in [6.45, 7) is 0.474. The minimum Gasteiger partial charge on any atom is -0.457 e. The number of rotatable bonds is 4. The second kappa shape index (κ2) is 7.72. The van der Waals surface area contributed by atoms with E-state index in [2.05, 4.69) is 9.97 Å². The summed E-state index contributed by atoms with van der Waals surface area (Å²) in [6.07, 6.45) is 0.935. The van der Waals surface area contributed by atoms with Crippen molar-refractivity contribution >= 4 is 6.09 Å². The number of nitrogens with zero attached hydrogens (tertiary/aromatic N) is 3. The van der Waals surface area contributed by atoms with Gasteiger partial charge >= 0.3 is 12.1 Å². The molecule has 1 aromatic heterocycles. The van der Waals surface area contributed by atoms with Gasteiger partial charge in [-0.15, -0.1) is 0 Å². The van der Waals surface area contributed by atoms with Crippen LogP contribution < -0.4 is 4.74 Å². The highest BCUT2D eigenvalue weighted by molar-refractivity contribution is 5.67. The third-order valence-electron chi connectivity index (χ3n) is 3.74. The van der Waals surface area contributed by atoms with E-state index in [1.54, 1.807) is 6.07 Å². The van der Waals surface area contributed by atoms with Crippen LogP contribution in [0.15, 0.2) is 48.8 Å². The molecular formula is C17H18FN3O3. The average molecular weight is 331 g/mol. The van der Waals surface area contributed by atoms with Crippen LogP contribution in [0.1, 0.15) is 12.0 Å². The maximum atomic E-state index is 14.3. The van der Waals surface area contributed by atoms with Crippen molar-refractivity contribution in [1.82, 2.24) is 14.9 Å². The summed E-state index contributed by atoms with van der Waals surface area (Å²) in [7, 11) is 0. The van der Waals surface area contributed by atoms with Crippen molar-refractivity contribution in [3.63, 3.8) is 0 Å². The van der Waals surface area contributed by atoms with Crippen LogP contribution in [0.5, 0.6) is 6.01 Å². The minimum absolute atomic E-state index is 0.0644. The third kappa shape index (κ3) is 4.18. The molecule has 1 amide bonds. The zero-order chi connectivity index (χ0) is 16.8. The van der Waals surface area contributed by atoms with Crippen molar-refractivity contribution in [2.75, 3.05) is 13.1 Å². The van der Waals surface area contributed by atoms with Gasteiger partial charge in [0.2, 0.25) is 0 Å². The van der Waals surface area contributed by atoms with Crippen LogP contribution in [0.2, 0.25) is 0 Å². The van der Waals surface area contributed by atoms with Gasteiger partial charge in [-0.05, 0) is 11.6 Å². The quantitative estimate of drug-likeness (QED) is 0.862. The summed E-state index contributed by atoms with van der Waals surface area (Å²) >= 11 is 0. The summed E-state index contributed by atoms with van der Waals surface area (Å²) in [5.74, 6) is 0. The lowest BCUT2D eigenvalue weighted by Crippen LogP contribution is -2.49. The van der Waals surface area contributed by atoms with Gasteiger partial charge in [0.25, 0.3) is 0 Å². The second-order valence-corrected chi connectivity index (χ2v) is 5.48. The topological polar surface area (TPSA) is 64.5 Å². The second-order valence-electron chi connectivity index (χ2n) is 5.48. The van der Waals surface area contributed by atoms with E-state index >= 15 is 0 Å². The van der Waals surface area contributed by atoms with Crippen molar-refractivity contribution in [1.29, 1.82) is 0 Å². The Balaban J connectivity index is 1.48. The molecule has 2 heterocycles. The molecule has 1 aromatic carbocycles. The molecule has 2 unspecified atom stereocenters. The molecule has 2 atom stereocenters. The fraction of sp³-hybridized carbons (Fsp3) is 0.353. The molecule has 1 aliphatic heterocycles. The molecule has 0 bridgehead atoms. The number of ether oxygens (including phenoxy) is 2. The highest BCUT2D eigenvalue weighted by atomic mass is 19.1. The number of likely N-dealkylation sites (tertiary alicyclic amines) is 1. The van der Waals surface area contributed by atoms with E-state index < -0.39 is 18.4 Å². The van der Waals surface area contributed by atoms with Crippen LogP contribution in [-0.2, 0) is 11.3 Å². The number of alkyl halides is 1. The molecule has 2 aromatic rings. The van der Waals surface area contributed by atoms with Gasteiger partial charge in [0.15, 0.2) is 6.17 Å². The van der Waals surface area contributed by atoms with Crippen LogP contribution in [0.3, 0.4) is 0 Å². The van der Waals surface area contributed by atoms with Gasteiger partial charge in [-0.1, -0.05) is 30.3 Å². The number of aromatic nitrogens is 2. The molecule has 1 aliphatic rings. The maximum absolute atomic E-state index is 14.3. The number of halogens is 1. The SMILES string of the molecule is O=C(OCc1ccccc1)N1CCC(Oc2ncccn2)C(F)C1.